The molecule has 11 heteroatoms. The highest BCUT2D eigenvalue weighted by molar-refractivity contribution is 7.93. The molecule has 2 unspecified atom stereocenters. The van der Waals surface area contributed by atoms with Crippen molar-refractivity contribution in [3.8, 4) is 0 Å². The molecule has 2 atom stereocenters. The van der Waals surface area contributed by atoms with Crippen LogP contribution in [0.4, 0.5) is 11.4 Å². The Labute approximate surface area is 203 Å². The Kier molecular flexibility index (Phi) is 7.73. The molecule has 0 saturated carbocycles. The number of nitrogens with one attached hydrogen (secondary N) is 2. The normalized spacial score (nSPS) is 19.7. The summed E-state index contributed by atoms with van der Waals surface area (Å²) in [7, 11) is -1.98. The number of benzene rings is 2. The number of methoxy groups -OCH3 is 2. The number of para-hydroxylation sites is 1. The van der Waals surface area contributed by atoms with E-state index < -0.39 is 42.2 Å². The molecule has 0 aliphatic heterocycles. The molecule has 2 aromatic carbocycles. The van der Waals surface area contributed by atoms with Gasteiger partial charge in [0.2, 0.25) is 20.7 Å². The Bertz CT molecular complexity index is 1280. The van der Waals surface area contributed by atoms with Crippen molar-refractivity contribution in [2.24, 2.45) is 0 Å². The van der Waals surface area contributed by atoms with Crippen LogP contribution in [0.15, 0.2) is 71.3 Å². The standard InChI is InChI=1S/C24H27N3O7S/c1-16-11-17(2)13-18(12-16)26-23(28)15-25-22-10-9-19(33-3)14-24(22,34-4)35(31,32)21-8-6-5-7-20(21)27(29)30/h5-14,22,25H,15H2,1-4H3,(H,26,28). The van der Waals surface area contributed by atoms with Gasteiger partial charge in [0.05, 0.1) is 24.6 Å². The highest BCUT2D eigenvalue weighted by atomic mass is 32.2. The number of aryl methyl sites for hydroxylation is 2. The third-order valence-electron chi connectivity index (χ3n) is 5.54. The van der Waals surface area contributed by atoms with Crippen LogP contribution in [0.1, 0.15) is 11.1 Å². The number of carbonyl (C=O) groups is 1. The Morgan fingerprint density at radius 3 is 2.40 bits per heavy atom. The van der Waals surface area contributed by atoms with E-state index in [0.717, 1.165) is 23.3 Å². The summed E-state index contributed by atoms with van der Waals surface area (Å²) in [6.07, 6.45) is 4.25. The second-order valence-corrected chi connectivity index (χ2v) is 10.1. The number of hydrogen-bond donors (Lipinski definition) is 2. The summed E-state index contributed by atoms with van der Waals surface area (Å²) < 4.78 is 38.5. The summed E-state index contributed by atoms with van der Waals surface area (Å²) in [5, 5.41) is 17.2. The lowest BCUT2D eigenvalue weighted by Gasteiger charge is -2.37. The van der Waals surface area contributed by atoms with Crippen LogP contribution in [0.2, 0.25) is 0 Å². The zero-order valence-electron chi connectivity index (χ0n) is 19.8. The number of allylic oxidation sites excluding steroid dienone is 1. The van der Waals surface area contributed by atoms with E-state index in [1.165, 1.54) is 44.6 Å². The van der Waals surface area contributed by atoms with E-state index in [0.29, 0.717) is 5.69 Å². The first-order chi connectivity index (χ1) is 16.5. The Hall–Kier alpha value is -3.54. The minimum absolute atomic E-state index is 0.187. The molecule has 0 radical (unpaired) electrons. The van der Waals surface area contributed by atoms with Crippen molar-refractivity contribution in [1.82, 2.24) is 5.32 Å². The van der Waals surface area contributed by atoms with Gasteiger partial charge in [-0.3, -0.25) is 20.2 Å². The van der Waals surface area contributed by atoms with Gasteiger partial charge in [-0.1, -0.05) is 24.3 Å². The highest BCUT2D eigenvalue weighted by Gasteiger charge is 2.53. The van der Waals surface area contributed by atoms with Crippen molar-refractivity contribution in [3.63, 3.8) is 0 Å². The smallest absolute Gasteiger partial charge is 0.288 e. The number of rotatable bonds is 9. The number of amides is 1. The van der Waals surface area contributed by atoms with Crippen LogP contribution in [0, 0.1) is 24.0 Å². The third-order valence-corrected chi connectivity index (χ3v) is 7.85. The molecule has 10 nitrogen and oxygen atoms in total. The summed E-state index contributed by atoms with van der Waals surface area (Å²) in [5.74, 6) is -0.218. The molecule has 35 heavy (non-hydrogen) atoms. The topological polar surface area (TPSA) is 137 Å². The Balaban J connectivity index is 1.95. The van der Waals surface area contributed by atoms with Crippen LogP contribution in [0.25, 0.3) is 0 Å². The fourth-order valence-corrected chi connectivity index (χ4v) is 6.01. The van der Waals surface area contributed by atoms with E-state index >= 15 is 0 Å². The van der Waals surface area contributed by atoms with Crippen LogP contribution in [0.5, 0.6) is 0 Å². The van der Waals surface area contributed by atoms with E-state index in [1.807, 2.05) is 32.0 Å². The lowest BCUT2D eigenvalue weighted by Crippen LogP contribution is -2.57. The maximum atomic E-state index is 13.8. The summed E-state index contributed by atoms with van der Waals surface area (Å²) in [6.45, 7) is 3.57. The van der Waals surface area contributed by atoms with E-state index in [2.05, 4.69) is 10.6 Å². The largest absolute Gasteiger partial charge is 0.497 e. The molecule has 0 fully saturated rings. The Morgan fingerprint density at radius 2 is 1.80 bits per heavy atom. The van der Waals surface area contributed by atoms with E-state index in [9.17, 15) is 23.3 Å². The maximum absolute atomic E-state index is 13.8. The molecule has 0 heterocycles. The molecule has 1 aliphatic rings. The van der Waals surface area contributed by atoms with Crippen LogP contribution in [0.3, 0.4) is 0 Å². The molecule has 0 bridgehead atoms. The van der Waals surface area contributed by atoms with E-state index in [1.54, 1.807) is 0 Å². The summed E-state index contributed by atoms with van der Waals surface area (Å²) in [5.41, 5.74) is 1.99. The number of hydrogen-bond acceptors (Lipinski definition) is 8. The second kappa shape index (κ2) is 10.4. The predicted molar refractivity (Wildman–Crippen MR) is 131 cm³/mol. The van der Waals surface area contributed by atoms with Crippen LogP contribution >= 0.6 is 0 Å². The van der Waals surface area contributed by atoms with Crippen LogP contribution < -0.4 is 10.6 Å². The summed E-state index contributed by atoms with van der Waals surface area (Å²) in [6, 6.07) is 9.56. The van der Waals surface area contributed by atoms with Gasteiger partial charge in [0.15, 0.2) is 0 Å². The van der Waals surface area contributed by atoms with Gasteiger partial charge in [0.1, 0.15) is 10.7 Å². The average molecular weight is 502 g/mol. The summed E-state index contributed by atoms with van der Waals surface area (Å²) in [4.78, 5) is 20.8. The third kappa shape index (κ3) is 5.26. The number of anilines is 1. The average Bonchev–Trinajstić information content (AvgIpc) is 2.81. The van der Waals surface area contributed by atoms with Gasteiger partial charge in [-0.25, -0.2) is 8.42 Å². The highest BCUT2D eigenvalue weighted by Crippen LogP contribution is 2.39. The monoisotopic (exact) mass is 501 g/mol. The fraction of sp³-hybridized carbons (Fsp3) is 0.292. The van der Waals surface area contributed by atoms with E-state index in [4.69, 9.17) is 9.47 Å². The van der Waals surface area contributed by atoms with Crippen LogP contribution in [-0.2, 0) is 24.1 Å². The second-order valence-electron chi connectivity index (χ2n) is 8.05. The predicted octanol–water partition coefficient (Wildman–Crippen LogP) is 3.03. The lowest BCUT2D eigenvalue weighted by molar-refractivity contribution is -0.387. The summed E-state index contributed by atoms with van der Waals surface area (Å²) >= 11 is 0. The van der Waals surface area contributed by atoms with Gasteiger partial charge in [0, 0.05) is 24.9 Å². The van der Waals surface area contributed by atoms with Gasteiger partial charge in [0.25, 0.3) is 5.69 Å². The van der Waals surface area contributed by atoms with Gasteiger partial charge in [-0.05, 0) is 49.2 Å². The van der Waals surface area contributed by atoms with Crippen LogP contribution in [-0.4, -0.2) is 51.0 Å². The van der Waals surface area contributed by atoms with Crippen molar-refractivity contribution in [2.75, 3.05) is 26.1 Å². The molecule has 1 aliphatic carbocycles. The first kappa shape index (κ1) is 26.1. The number of nitrogens with zero attached hydrogens (tertiary/aromatic N) is 1. The fourth-order valence-electron chi connectivity index (χ4n) is 4.00. The van der Waals surface area contributed by atoms with Gasteiger partial charge < -0.3 is 14.8 Å². The van der Waals surface area contributed by atoms with Gasteiger partial charge in [-0.15, -0.1) is 0 Å². The van der Waals surface area contributed by atoms with Crippen molar-refractivity contribution in [1.29, 1.82) is 0 Å². The molecular formula is C24H27N3O7S. The SMILES string of the molecule is COC1=CC(OC)(S(=O)(=O)c2ccccc2[N+](=O)[O-])C(NCC(=O)Nc2cc(C)cc(C)c2)C=C1. The molecule has 186 valence electrons. The molecule has 0 aromatic heterocycles. The van der Waals surface area contributed by atoms with Crippen molar-refractivity contribution in [2.45, 2.75) is 29.7 Å². The quantitative estimate of drug-likeness (QED) is 0.395. The van der Waals surface area contributed by atoms with Crippen molar-refractivity contribution < 1.29 is 27.6 Å². The minimum atomic E-state index is -4.53. The number of carbonyl (C=O) groups excluding carboxylic acids is 1. The number of nitro benzene ring substituents is 1. The molecule has 0 spiro atoms. The molecule has 2 N–H and O–H groups in total. The molecule has 1 amide bonds. The minimum Gasteiger partial charge on any atom is -0.497 e. The molecule has 0 saturated heterocycles. The Morgan fingerprint density at radius 1 is 1.14 bits per heavy atom. The molecular weight excluding hydrogens is 474 g/mol. The van der Waals surface area contributed by atoms with Gasteiger partial charge >= 0.3 is 0 Å². The lowest BCUT2D eigenvalue weighted by atomic mass is 10.0. The van der Waals surface area contributed by atoms with Crippen molar-refractivity contribution >= 4 is 27.1 Å². The zero-order chi connectivity index (χ0) is 25.8. The van der Waals surface area contributed by atoms with Gasteiger partial charge in [-0.2, -0.15) is 0 Å². The molecule has 2 aromatic rings. The maximum Gasteiger partial charge on any atom is 0.288 e. The number of ether oxygens (including phenoxy) is 2. The van der Waals surface area contributed by atoms with Crippen molar-refractivity contribution in [3.05, 3.63) is 87.7 Å². The first-order valence-electron chi connectivity index (χ1n) is 10.6. The zero-order valence-corrected chi connectivity index (χ0v) is 20.6. The number of sulfone groups is 1. The first-order valence-corrected chi connectivity index (χ1v) is 12.1. The van der Waals surface area contributed by atoms with E-state index in [-0.39, 0.29) is 12.3 Å². The molecule has 3 rings (SSSR count). The number of nitro groups is 1.